The SMILES string of the molecule is C[C@@H]([NH2+]CC(=O)NNC(=O)c1ccccc1)c1ccco1. The first kappa shape index (κ1) is 14.8. The number of rotatable bonds is 5. The molecule has 0 saturated carbocycles. The molecule has 1 atom stereocenters. The van der Waals surface area contributed by atoms with Gasteiger partial charge in [-0.15, -0.1) is 0 Å². The monoisotopic (exact) mass is 288 g/mol. The van der Waals surface area contributed by atoms with Gasteiger partial charge in [0.15, 0.2) is 12.3 Å². The number of nitrogens with one attached hydrogen (secondary N) is 2. The van der Waals surface area contributed by atoms with Crippen molar-refractivity contribution in [3.63, 3.8) is 0 Å². The van der Waals surface area contributed by atoms with Gasteiger partial charge in [0.2, 0.25) is 0 Å². The summed E-state index contributed by atoms with van der Waals surface area (Å²) in [6, 6.07) is 12.4. The maximum absolute atomic E-state index is 11.7. The van der Waals surface area contributed by atoms with E-state index < -0.39 is 0 Å². The summed E-state index contributed by atoms with van der Waals surface area (Å²) in [5.74, 6) is 0.178. The van der Waals surface area contributed by atoms with E-state index in [2.05, 4.69) is 10.9 Å². The molecule has 0 bridgehead atoms. The fourth-order valence-electron chi connectivity index (χ4n) is 1.79. The van der Waals surface area contributed by atoms with Crippen LogP contribution in [0, 0.1) is 0 Å². The van der Waals surface area contributed by atoms with Crippen molar-refractivity contribution in [3.05, 3.63) is 60.1 Å². The van der Waals surface area contributed by atoms with E-state index in [1.54, 1.807) is 36.6 Å². The van der Waals surface area contributed by atoms with E-state index in [0.29, 0.717) is 5.56 Å². The summed E-state index contributed by atoms with van der Waals surface area (Å²) in [5, 5.41) is 1.82. The predicted molar refractivity (Wildman–Crippen MR) is 76.0 cm³/mol. The van der Waals surface area contributed by atoms with Gasteiger partial charge in [0, 0.05) is 5.56 Å². The smallest absolute Gasteiger partial charge is 0.293 e. The molecule has 1 aromatic carbocycles. The van der Waals surface area contributed by atoms with Crippen molar-refractivity contribution >= 4 is 11.8 Å². The van der Waals surface area contributed by atoms with E-state index in [1.165, 1.54) is 0 Å². The van der Waals surface area contributed by atoms with E-state index in [4.69, 9.17) is 4.42 Å². The molecule has 6 heteroatoms. The average molecular weight is 288 g/mol. The van der Waals surface area contributed by atoms with Gasteiger partial charge in [-0.1, -0.05) is 18.2 Å². The van der Waals surface area contributed by atoms with Crippen LogP contribution in [0.4, 0.5) is 0 Å². The molecule has 2 aromatic rings. The van der Waals surface area contributed by atoms with Crippen LogP contribution < -0.4 is 16.2 Å². The molecule has 0 radical (unpaired) electrons. The number of hydrazine groups is 1. The highest BCUT2D eigenvalue weighted by Gasteiger charge is 2.14. The van der Waals surface area contributed by atoms with Crippen molar-refractivity contribution in [2.75, 3.05) is 6.54 Å². The Morgan fingerprint density at radius 3 is 2.57 bits per heavy atom. The Kier molecular flexibility index (Phi) is 5.11. The van der Waals surface area contributed by atoms with Crippen LogP contribution in [-0.2, 0) is 4.79 Å². The number of hydrogen-bond acceptors (Lipinski definition) is 3. The molecule has 1 aromatic heterocycles. The minimum Gasteiger partial charge on any atom is -0.463 e. The van der Waals surface area contributed by atoms with Gasteiger partial charge in [0.05, 0.1) is 6.26 Å². The van der Waals surface area contributed by atoms with Crippen LogP contribution >= 0.6 is 0 Å². The van der Waals surface area contributed by atoms with Gasteiger partial charge >= 0.3 is 0 Å². The zero-order valence-electron chi connectivity index (χ0n) is 11.7. The number of quaternary nitrogens is 1. The second kappa shape index (κ2) is 7.25. The van der Waals surface area contributed by atoms with E-state index in [0.717, 1.165) is 5.76 Å². The normalized spacial score (nSPS) is 11.7. The largest absolute Gasteiger partial charge is 0.463 e. The number of carbonyl (C=O) groups excluding carboxylic acids is 2. The molecule has 0 spiro atoms. The summed E-state index contributed by atoms with van der Waals surface area (Å²) in [6.45, 7) is 2.13. The third kappa shape index (κ3) is 4.47. The molecule has 0 aliphatic heterocycles. The molecule has 0 aliphatic carbocycles. The van der Waals surface area contributed by atoms with E-state index in [1.807, 2.05) is 24.4 Å². The van der Waals surface area contributed by atoms with E-state index >= 15 is 0 Å². The molecule has 110 valence electrons. The summed E-state index contributed by atoms with van der Waals surface area (Å²) in [7, 11) is 0. The van der Waals surface area contributed by atoms with Crippen molar-refractivity contribution in [1.29, 1.82) is 0 Å². The van der Waals surface area contributed by atoms with Crippen LogP contribution in [0.3, 0.4) is 0 Å². The third-order valence-corrected chi connectivity index (χ3v) is 3.00. The van der Waals surface area contributed by atoms with Crippen molar-refractivity contribution in [1.82, 2.24) is 10.9 Å². The van der Waals surface area contributed by atoms with Gasteiger partial charge in [-0.3, -0.25) is 20.4 Å². The van der Waals surface area contributed by atoms with Crippen molar-refractivity contribution in [2.24, 2.45) is 0 Å². The number of furan rings is 1. The Hall–Kier alpha value is -2.60. The molecule has 21 heavy (non-hydrogen) atoms. The summed E-state index contributed by atoms with van der Waals surface area (Å²) in [6.07, 6.45) is 1.60. The second-order valence-corrected chi connectivity index (χ2v) is 4.61. The molecule has 0 aliphatic rings. The standard InChI is InChI=1S/C15H17N3O3/c1-11(13-8-5-9-21-13)16-10-14(19)17-18-15(20)12-6-3-2-4-7-12/h2-9,11,16H,10H2,1H3,(H,17,19)(H,18,20)/p+1/t11-/m1/s1. The minimum absolute atomic E-state index is 0.0376. The molecule has 0 saturated heterocycles. The maximum Gasteiger partial charge on any atom is 0.293 e. The Balaban J connectivity index is 1.71. The molecular weight excluding hydrogens is 270 g/mol. The molecular formula is C15H18N3O3+. The summed E-state index contributed by atoms with van der Waals surface area (Å²) in [5.41, 5.74) is 5.25. The van der Waals surface area contributed by atoms with Crippen LogP contribution in [0.2, 0.25) is 0 Å². The molecule has 4 N–H and O–H groups in total. The number of benzene rings is 1. The summed E-state index contributed by atoms with van der Waals surface area (Å²) < 4.78 is 5.25. The molecule has 6 nitrogen and oxygen atoms in total. The Morgan fingerprint density at radius 2 is 1.90 bits per heavy atom. The minimum atomic E-state index is -0.344. The summed E-state index contributed by atoms with van der Waals surface area (Å²) >= 11 is 0. The number of hydrogen-bond donors (Lipinski definition) is 3. The first-order valence-corrected chi connectivity index (χ1v) is 6.68. The molecule has 0 fully saturated rings. The van der Waals surface area contributed by atoms with Crippen molar-refractivity contribution < 1.29 is 19.3 Å². The van der Waals surface area contributed by atoms with E-state index in [-0.39, 0.29) is 24.4 Å². The highest BCUT2D eigenvalue weighted by molar-refractivity contribution is 5.95. The zero-order valence-corrected chi connectivity index (χ0v) is 11.7. The number of carbonyl (C=O) groups is 2. The first-order chi connectivity index (χ1) is 10.2. The lowest BCUT2D eigenvalue weighted by Crippen LogP contribution is -2.87. The molecule has 0 unspecified atom stereocenters. The molecule has 2 amide bonds. The summed E-state index contributed by atoms with van der Waals surface area (Å²) in [4.78, 5) is 23.4. The second-order valence-electron chi connectivity index (χ2n) is 4.61. The lowest BCUT2D eigenvalue weighted by atomic mass is 10.2. The lowest BCUT2D eigenvalue weighted by Gasteiger charge is -2.09. The molecule has 2 rings (SSSR count). The van der Waals surface area contributed by atoms with E-state index in [9.17, 15) is 9.59 Å². The van der Waals surface area contributed by atoms with Gasteiger partial charge in [0.1, 0.15) is 6.04 Å². The highest BCUT2D eigenvalue weighted by Crippen LogP contribution is 2.07. The maximum atomic E-state index is 11.7. The average Bonchev–Trinajstić information content (AvgIpc) is 3.05. The van der Waals surface area contributed by atoms with Crippen LogP contribution in [0.15, 0.2) is 53.1 Å². The fourth-order valence-corrected chi connectivity index (χ4v) is 1.79. The van der Waals surface area contributed by atoms with Gasteiger partial charge in [-0.2, -0.15) is 0 Å². The van der Waals surface area contributed by atoms with Crippen molar-refractivity contribution in [2.45, 2.75) is 13.0 Å². The Bertz CT molecular complexity index is 581. The van der Waals surface area contributed by atoms with Crippen LogP contribution in [0.5, 0.6) is 0 Å². The van der Waals surface area contributed by atoms with Crippen LogP contribution in [0.1, 0.15) is 29.1 Å². The molecule has 1 heterocycles. The zero-order chi connectivity index (χ0) is 15.1. The van der Waals surface area contributed by atoms with Gasteiger partial charge in [0.25, 0.3) is 11.8 Å². The third-order valence-electron chi connectivity index (χ3n) is 3.00. The van der Waals surface area contributed by atoms with Crippen LogP contribution in [0.25, 0.3) is 0 Å². The predicted octanol–water partition coefficient (Wildman–Crippen LogP) is 0.365. The number of nitrogens with two attached hydrogens (primary N) is 1. The highest BCUT2D eigenvalue weighted by atomic mass is 16.3. The van der Waals surface area contributed by atoms with Gasteiger partial charge < -0.3 is 9.73 Å². The lowest BCUT2D eigenvalue weighted by molar-refractivity contribution is -0.684. The van der Waals surface area contributed by atoms with Crippen LogP contribution in [-0.4, -0.2) is 18.4 Å². The van der Waals surface area contributed by atoms with Crippen molar-refractivity contribution in [3.8, 4) is 0 Å². The Labute approximate surface area is 122 Å². The quantitative estimate of drug-likeness (QED) is 0.694. The fraction of sp³-hybridized carbons (Fsp3) is 0.200. The first-order valence-electron chi connectivity index (χ1n) is 6.68. The Morgan fingerprint density at radius 1 is 1.14 bits per heavy atom. The van der Waals surface area contributed by atoms with Gasteiger partial charge in [-0.05, 0) is 31.2 Å². The number of amides is 2. The topological polar surface area (TPSA) is 88.0 Å². The van der Waals surface area contributed by atoms with Gasteiger partial charge in [-0.25, -0.2) is 0 Å².